The van der Waals surface area contributed by atoms with Crippen LogP contribution in [0.5, 0.6) is 0 Å². The van der Waals surface area contributed by atoms with Gasteiger partial charge < -0.3 is 29.3 Å². The molecule has 0 radical (unpaired) electrons. The van der Waals surface area contributed by atoms with E-state index in [1.807, 2.05) is 39.6 Å². The van der Waals surface area contributed by atoms with Gasteiger partial charge in [0.2, 0.25) is 5.95 Å². The number of likely N-dealkylation sites (tertiary alicyclic amines) is 1. The van der Waals surface area contributed by atoms with Gasteiger partial charge in [-0.2, -0.15) is 0 Å². The van der Waals surface area contributed by atoms with E-state index < -0.39 is 36.9 Å². The molecule has 160 valence electrons. The Hall–Kier alpha value is -1.75. The Balaban J connectivity index is 1.56. The van der Waals surface area contributed by atoms with Crippen molar-refractivity contribution in [3.05, 3.63) is 12.4 Å². The number of carbonyl (C=O) groups is 1. The second-order valence-electron chi connectivity index (χ2n) is 8.92. The second-order valence-corrected chi connectivity index (χ2v) is 8.92. The van der Waals surface area contributed by atoms with Crippen LogP contribution in [0.25, 0.3) is 0 Å². The predicted octanol–water partition coefficient (Wildman–Crippen LogP) is -0.586. The van der Waals surface area contributed by atoms with Gasteiger partial charge in [-0.25, -0.2) is 9.97 Å². The zero-order valence-electron chi connectivity index (χ0n) is 17.8. The van der Waals surface area contributed by atoms with Crippen LogP contribution >= 0.6 is 0 Å². The molecular formula is C19H31BN4O5. The first-order valence-electron chi connectivity index (χ1n) is 10.0. The smallest absolute Gasteiger partial charge is 0.399 e. The minimum Gasteiger partial charge on any atom is -0.399 e. The topological polar surface area (TPSA) is 108 Å². The van der Waals surface area contributed by atoms with Gasteiger partial charge in [0, 0.05) is 44.5 Å². The van der Waals surface area contributed by atoms with Crippen LogP contribution < -0.4 is 10.4 Å². The van der Waals surface area contributed by atoms with Crippen LogP contribution in [0.3, 0.4) is 0 Å². The maximum Gasteiger partial charge on any atom is 0.498 e. The number of carbonyl (C=O) groups excluding carboxylic acids is 1. The molecule has 2 aliphatic heterocycles. The van der Waals surface area contributed by atoms with Gasteiger partial charge in [0.15, 0.2) is 6.10 Å². The predicted molar refractivity (Wildman–Crippen MR) is 109 cm³/mol. The van der Waals surface area contributed by atoms with Crippen LogP contribution in [0.15, 0.2) is 12.4 Å². The van der Waals surface area contributed by atoms with E-state index in [4.69, 9.17) is 14.4 Å². The van der Waals surface area contributed by atoms with Crippen molar-refractivity contribution in [2.75, 3.05) is 38.2 Å². The molecule has 1 amide bonds. The fourth-order valence-corrected chi connectivity index (χ4v) is 3.57. The molecular weight excluding hydrogens is 375 g/mol. The molecule has 10 heteroatoms. The fraction of sp³-hybridized carbons (Fsp3) is 0.737. The van der Waals surface area contributed by atoms with Gasteiger partial charge in [-0.05, 0) is 40.0 Å². The summed E-state index contributed by atoms with van der Waals surface area (Å²) in [5.74, 6) is 0.423. The summed E-state index contributed by atoms with van der Waals surface area (Å²) in [5.41, 5.74) is -0.0539. The van der Waals surface area contributed by atoms with Gasteiger partial charge in [-0.15, -0.1) is 0 Å². The molecule has 2 fully saturated rings. The SMILES string of the molecule is CN(C[C@@H]1CCN(C(=O)[C@H](O)CO)C1)c1ncc(B2OC(C)(C)C(C)(C)O2)cn1. The molecule has 9 nitrogen and oxygen atoms in total. The van der Waals surface area contributed by atoms with E-state index in [-0.39, 0.29) is 5.92 Å². The summed E-state index contributed by atoms with van der Waals surface area (Å²) in [4.78, 5) is 24.5. The lowest BCUT2D eigenvalue weighted by Gasteiger charge is -2.32. The van der Waals surface area contributed by atoms with Crippen LogP contribution in [0.4, 0.5) is 5.95 Å². The standard InChI is InChI=1S/C19H31BN4O5/c1-18(2)19(3,4)29-20(28-18)14-8-21-17(22-9-14)23(5)10-13-6-7-24(11-13)16(27)15(26)12-25/h8-9,13,15,25-26H,6-7,10-12H2,1-5H3/t13-,15+/m0/s1. The van der Waals surface area contributed by atoms with Gasteiger partial charge in [0.25, 0.3) is 5.91 Å². The molecule has 3 heterocycles. The molecule has 0 unspecified atom stereocenters. The second kappa shape index (κ2) is 8.18. The third kappa shape index (κ3) is 4.55. The van der Waals surface area contributed by atoms with Gasteiger partial charge in [0.1, 0.15) is 0 Å². The Morgan fingerprint density at radius 2 is 1.90 bits per heavy atom. The summed E-state index contributed by atoms with van der Waals surface area (Å²) in [6, 6.07) is 0. The Bertz CT molecular complexity index is 714. The summed E-state index contributed by atoms with van der Waals surface area (Å²) >= 11 is 0. The summed E-state index contributed by atoms with van der Waals surface area (Å²) in [5, 5.41) is 18.5. The van der Waals surface area contributed by atoms with Crippen molar-refractivity contribution in [2.24, 2.45) is 5.92 Å². The van der Waals surface area contributed by atoms with E-state index in [1.165, 1.54) is 0 Å². The number of hydrogen-bond acceptors (Lipinski definition) is 8. The van der Waals surface area contributed by atoms with E-state index in [0.29, 0.717) is 25.6 Å². The molecule has 2 saturated heterocycles. The fourth-order valence-electron chi connectivity index (χ4n) is 3.57. The molecule has 0 bridgehead atoms. The van der Waals surface area contributed by atoms with Crippen molar-refractivity contribution in [2.45, 2.75) is 51.4 Å². The van der Waals surface area contributed by atoms with Crippen molar-refractivity contribution in [3.63, 3.8) is 0 Å². The highest BCUT2D eigenvalue weighted by Gasteiger charge is 2.52. The van der Waals surface area contributed by atoms with Crippen molar-refractivity contribution in [1.82, 2.24) is 14.9 Å². The molecule has 1 aromatic heterocycles. The van der Waals surface area contributed by atoms with Gasteiger partial charge in [-0.1, -0.05) is 0 Å². The maximum absolute atomic E-state index is 12.0. The van der Waals surface area contributed by atoms with E-state index in [1.54, 1.807) is 17.3 Å². The molecule has 0 aromatic carbocycles. The number of aliphatic hydroxyl groups is 2. The molecule has 29 heavy (non-hydrogen) atoms. The first kappa shape index (κ1) is 22.0. The quantitative estimate of drug-likeness (QED) is 0.604. The number of nitrogens with zero attached hydrogens (tertiary/aromatic N) is 4. The largest absolute Gasteiger partial charge is 0.498 e. The third-order valence-corrected chi connectivity index (χ3v) is 6.11. The van der Waals surface area contributed by atoms with Gasteiger partial charge >= 0.3 is 7.12 Å². The lowest BCUT2D eigenvalue weighted by Crippen LogP contribution is -2.41. The molecule has 0 spiro atoms. The monoisotopic (exact) mass is 406 g/mol. The van der Waals surface area contributed by atoms with Gasteiger partial charge in [-0.3, -0.25) is 4.79 Å². The van der Waals surface area contributed by atoms with Crippen LogP contribution in [0, 0.1) is 5.92 Å². The molecule has 0 aliphatic carbocycles. The average Bonchev–Trinajstić information content (AvgIpc) is 3.22. The Morgan fingerprint density at radius 3 is 2.45 bits per heavy atom. The van der Waals surface area contributed by atoms with E-state index in [2.05, 4.69) is 9.97 Å². The number of amides is 1. The van der Waals surface area contributed by atoms with Crippen molar-refractivity contribution < 1.29 is 24.3 Å². The molecule has 1 aromatic rings. The van der Waals surface area contributed by atoms with Crippen molar-refractivity contribution in [3.8, 4) is 0 Å². The normalized spacial score (nSPS) is 24.0. The van der Waals surface area contributed by atoms with Crippen LogP contribution in [0.1, 0.15) is 34.1 Å². The number of anilines is 1. The molecule has 0 saturated carbocycles. The number of aliphatic hydroxyl groups excluding tert-OH is 2. The highest BCUT2D eigenvalue weighted by Crippen LogP contribution is 2.36. The van der Waals surface area contributed by atoms with Crippen LogP contribution in [0.2, 0.25) is 0 Å². The van der Waals surface area contributed by atoms with Crippen molar-refractivity contribution in [1.29, 1.82) is 0 Å². The molecule has 2 aliphatic rings. The van der Waals surface area contributed by atoms with Crippen LogP contribution in [-0.4, -0.2) is 88.7 Å². The minimum absolute atomic E-state index is 0.251. The highest BCUT2D eigenvalue weighted by atomic mass is 16.7. The van der Waals surface area contributed by atoms with E-state index >= 15 is 0 Å². The summed E-state index contributed by atoms with van der Waals surface area (Å²) in [6.45, 7) is 9.28. The lowest BCUT2D eigenvalue weighted by molar-refractivity contribution is -0.141. The summed E-state index contributed by atoms with van der Waals surface area (Å²) in [7, 11) is 1.42. The number of aromatic nitrogens is 2. The Kier molecular flexibility index (Phi) is 6.19. The number of rotatable bonds is 6. The zero-order valence-corrected chi connectivity index (χ0v) is 17.8. The minimum atomic E-state index is -1.34. The first-order valence-corrected chi connectivity index (χ1v) is 10.0. The number of hydrogen-bond donors (Lipinski definition) is 2. The lowest BCUT2D eigenvalue weighted by atomic mass is 9.81. The van der Waals surface area contributed by atoms with Crippen molar-refractivity contribution >= 4 is 24.4 Å². The first-order chi connectivity index (χ1) is 13.5. The summed E-state index contributed by atoms with van der Waals surface area (Å²) in [6.07, 6.45) is 2.95. The van der Waals surface area contributed by atoms with E-state index in [9.17, 15) is 9.90 Å². The Morgan fingerprint density at radius 1 is 1.31 bits per heavy atom. The van der Waals surface area contributed by atoms with Crippen LogP contribution in [-0.2, 0) is 14.1 Å². The van der Waals surface area contributed by atoms with Gasteiger partial charge in [0.05, 0.1) is 17.8 Å². The molecule has 2 N–H and O–H groups in total. The Labute approximate surface area is 172 Å². The molecule has 3 rings (SSSR count). The molecule has 2 atom stereocenters. The maximum atomic E-state index is 12.0. The van der Waals surface area contributed by atoms with E-state index in [0.717, 1.165) is 11.9 Å². The third-order valence-electron chi connectivity index (χ3n) is 6.11. The zero-order chi connectivity index (χ0) is 21.4. The average molecular weight is 406 g/mol. The highest BCUT2D eigenvalue weighted by molar-refractivity contribution is 6.61. The summed E-state index contributed by atoms with van der Waals surface area (Å²) < 4.78 is 12.1.